The van der Waals surface area contributed by atoms with Crippen molar-refractivity contribution in [3.05, 3.63) is 58.8 Å². The maximum Gasteiger partial charge on any atom is 0.254 e. The first-order valence-electron chi connectivity index (χ1n) is 10.8. The number of rotatable bonds is 6. The Hall–Kier alpha value is -3.38. The van der Waals surface area contributed by atoms with Crippen molar-refractivity contribution in [3.63, 3.8) is 0 Å². The van der Waals surface area contributed by atoms with Gasteiger partial charge in [0.05, 0.1) is 11.1 Å². The molecule has 0 atom stereocenters. The van der Waals surface area contributed by atoms with Crippen molar-refractivity contribution in [2.24, 2.45) is 5.73 Å². The maximum absolute atomic E-state index is 13.5. The molecular weight excluding hydrogens is 463 g/mol. The quantitative estimate of drug-likeness (QED) is 0.552. The van der Waals surface area contributed by atoms with Gasteiger partial charge in [0.2, 0.25) is 15.9 Å². The van der Waals surface area contributed by atoms with Crippen molar-refractivity contribution in [1.82, 2.24) is 23.8 Å². The summed E-state index contributed by atoms with van der Waals surface area (Å²) in [5.41, 5.74) is 8.31. The number of fused-ring (bicyclic) bond motifs is 1. The summed E-state index contributed by atoms with van der Waals surface area (Å²) in [4.78, 5) is 30.4. The van der Waals surface area contributed by atoms with E-state index in [0.717, 1.165) is 17.3 Å². The van der Waals surface area contributed by atoms with Crippen molar-refractivity contribution >= 4 is 27.5 Å². The minimum absolute atomic E-state index is 0.0972. The van der Waals surface area contributed by atoms with Gasteiger partial charge in [0.15, 0.2) is 5.65 Å². The van der Waals surface area contributed by atoms with Gasteiger partial charge in [-0.05, 0) is 44.0 Å². The van der Waals surface area contributed by atoms with Gasteiger partial charge in [0, 0.05) is 44.0 Å². The molecule has 2 N–H and O–H groups in total. The monoisotopic (exact) mass is 488 g/mol. The number of carbonyl (C=O) groups excluding carboxylic acids is 2. The second-order valence-electron chi connectivity index (χ2n) is 8.16. The summed E-state index contributed by atoms with van der Waals surface area (Å²) in [6, 6.07) is 4.90. The third kappa shape index (κ3) is 4.38. The number of hydrogen-bond donors (Lipinski definition) is 1. The average Bonchev–Trinajstić information content (AvgIpc) is 3.23. The van der Waals surface area contributed by atoms with Crippen LogP contribution in [0.15, 0.2) is 35.4 Å². The Morgan fingerprint density at radius 2 is 1.85 bits per heavy atom. The minimum atomic E-state index is -3.82. The van der Waals surface area contributed by atoms with Gasteiger partial charge in [-0.25, -0.2) is 22.3 Å². The molecule has 0 saturated carbocycles. The molecule has 1 fully saturated rings. The van der Waals surface area contributed by atoms with Gasteiger partial charge in [-0.15, -0.1) is 0 Å². The lowest BCUT2D eigenvalue weighted by Crippen LogP contribution is -2.50. The van der Waals surface area contributed by atoms with Crippen LogP contribution in [0.3, 0.4) is 0 Å². The molecule has 2 amide bonds. The molecule has 4 rings (SSSR count). The summed E-state index contributed by atoms with van der Waals surface area (Å²) in [5.74, 6) is -1.32. The summed E-state index contributed by atoms with van der Waals surface area (Å²) in [6.07, 6.45) is 2.02. The van der Waals surface area contributed by atoms with Gasteiger partial charge >= 0.3 is 0 Å². The van der Waals surface area contributed by atoms with Crippen LogP contribution in [0, 0.1) is 19.7 Å². The normalized spacial score (nSPS) is 15.1. The number of nitrogens with two attached hydrogens (primary N) is 1. The second kappa shape index (κ2) is 9.11. The molecule has 1 aromatic carbocycles. The Morgan fingerprint density at radius 3 is 2.50 bits per heavy atom. The highest BCUT2D eigenvalue weighted by molar-refractivity contribution is 7.89. The number of carbonyl (C=O) groups is 2. The van der Waals surface area contributed by atoms with E-state index < -0.39 is 21.7 Å². The number of piperazine rings is 1. The van der Waals surface area contributed by atoms with Crippen molar-refractivity contribution in [3.8, 4) is 0 Å². The van der Waals surface area contributed by atoms with E-state index in [2.05, 4.69) is 10.1 Å². The van der Waals surface area contributed by atoms with E-state index in [1.807, 2.05) is 6.92 Å². The van der Waals surface area contributed by atoms with Gasteiger partial charge in [0.25, 0.3) is 5.91 Å². The number of nitrogens with zero attached hydrogens (tertiary/aromatic N) is 5. The van der Waals surface area contributed by atoms with Crippen LogP contribution in [0.5, 0.6) is 0 Å². The Morgan fingerprint density at radius 1 is 1.15 bits per heavy atom. The Kier molecular flexibility index (Phi) is 6.36. The summed E-state index contributed by atoms with van der Waals surface area (Å²) in [6.45, 7) is 4.43. The van der Waals surface area contributed by atoms with E-state index in [1.54, 1.807) is 16.3 Å². The number of primary amides is 1. The number of hydrogen-bond acceptors (Lipinski definition) is 6. The third-order valence-corrected chi connectivity index (χ3v) is 7.98. The van der Waals surface area contributed by atoms with Crippen molar-refractivity contribution in [1.29, 1.82) is 0 Å². The molecule has 0 aliphatic carbocycles. The van der Waals surface area contributed by atoms with E-state index in [0.29, 0.717) is 17.8 Å². The minimum Gasteiger partial charge on any atom is -0.365 e. The van der Waals surface area contributed by atoms with Crippen LogP contribution in [0.2, 0.25) is 0 Å². The molecular formula is C22H25FN6O4S. The average molecular weight is 489 g/mol. The van der Waals surface area contributed by atoms with Crippen molar-refractivity contribution < 1.29 is 22.4 Å². The largest absolute Gasteiger partial charge is 0.365 e. The van der Waals surface area contributed by atoms with E-state index in [4.69, 9.17) is 5.73 Å². The van der Waals surface area contributed by atoms with Crippen molar-refractivity contribution in [2.75, 3.05) is 26.2 Å². The van der Waals surface area contributed by atoms with Crippen molar-refractivity contribution in [2.45, 2.75) is 31.6 Å². The van der Waals surface area contributed by atoms with E-state index in [1.165, 1.54) is 28.7 Å². The first kappa shape index (κ1) is 23.8. The number of halogens is 1. The molecule has 0 radical (unpaired) electrons. The molecule has 34 heavy (non-hydrogen) atoms. The van der Waals surface area contributed by atoms with Crippen LogP contribution in [0.1, 0.15) is 33.7 Å². The van der Waals surface area contributed by atoms with Crippen LogP contribution in [-0.4, -0.2) is 70.2 Å². The molecule has 1 saturated heterocycles. The molecule has 10 nitrogen and oxygen atoms in total. The Balaban J connectivity index is 1.40. The molecule has 180 valence electrons. The number of benzene rings is 1. The zero-order valence-electron chi connectivity index (χ0n) is 18.9. The molecule has 12 heteroatoms. The number of aromatic nitrogens is 3. The standard InChI is InChI=1S/C22H25FN6O4S/c1-14-18(15(2)29-22(26-14)19(13-25-29)21(24)31)6-7-20(30)27-8-10-28(11-9-27)34(32,33)17-5-3-4-16(23)12-17/h3-5,12-13H,6-11H2,1-2H3,(H2,24,31). The molecule has 0 spiro atoms. The fourth-order valence-corrected chi connectivity index (χ4v) is 5.65. The predicted octanol–water partition coefficient (Wildman–Crippen LogP) is 1.05. The first-order chi connectivity index (χ1) is 16.1. The zero-order valence-corrected chi connectivity index (χ0v) is 19.7. The lowest BCUT2D eigenvalue weighted by atomic mass is 10.1. The highest BCUT2D eigenvalue weighted by Crippen LogP contribution is 2.21. The predicted molar refractivity (Wildman–Crippen MR) is 121 cm³/mol. The maximum atomic E-state index is 13.5. The molecule has 1 aliphatic heterocycles. The van der Waals surface area contributed by atoms with Gasteiger partial charge < -0.3 is 10.6 Å². The number of aryl methyl sites for hydroxylation is 2. The number of amides is 2. The van der Waals surface area contributed by atoms with Crippen LogP contribution >= 0.6 is 0 Å². The summed E-state index contributed by atoms with van der Waals surface area (Å²) in [7, 11) is -3.82. The third-order valence-electron chi connectivity index (χ3n) is 6.09. The number of sulfonamides is 1. The zero-order chi connectivity index (χ0) is 24.6. The molecule has 1 aliphatic rings. The van der Waals surface area contributed by atoms with Crippen LogP contribution in [-0.2, 0) is 21.2 Å². The highest BCUT2D eigenvalue weighted by atomic mass is 32.2. The van der Waals surface area contributed by atoms with Gasteiger partial charge in [-0.2, -0.15) is 9.40 Å². The Labute approximate surface area is 196 Å². The summed E-state index contributed by atoms with van der Waals surface area (Å²) >= 11 is 0. The molecule has 2 aromatic heterocycles. The topological polar surface area (TPSA) is 131 Å². The molecule has 0 unspecified atom stereocenters. The van der Waals surface area contributed by atoms with Gasteiger partial charge in [0.1, 0.15) is 11.4 Å². The lowest BCUT2D eigenvalue weighted by Gasteiger charge is -2.34. The fourth-order valence-electron chi connectivity index (χ4n) is 4.19. The molecule has 3 aromatic rings. The van der Waals surface area contributed by atoms with E-state index >= 15 is 0 Å². The van der Waals surface area contributed by atoms with E-state index in [-0.39, 0.29) is 49.0 Å². The Bertz CT molecular complexity index is 1380. The summed E-state index contributed by atoms with van der Waals surface area (Å²) < 4.78 is 41.8. The van der Waals surface area contributed by atoms with Gasteiger partial charge in [-0.1, -0.05) is 6.07 Å². The van der Waals surface area contributed by atoms with Crippen LogP contribution in [0.25, 0.3) is 5.65 Å². The second-order valence-corrected chi connectivity index (χ2v) is 10.1. The first-order valence-corrected chi connectivity index (χ1v) is 12.2. The molecule has 0 bridgehead atoms. The SMILES string of the molecule is Cc1nc2c(C(N)=O)cnn2c(C)c1CCC(=O)N1CCN(S(=O)(=O)c2cccc(F)c2)CC1. The van der Waals surface area contributed by atoms with E-state index in [9.17, 15) is 22.4 Å². The fraction of sp³-hybridized carbons (Fsp3) is 0.364. The van der Waals surface area contributed by atoms with Crippen LogP contribution in [0.4, 0.5) is 4.39 Å². The van der Waals surface area contributed by atoms with Crippen LogP contribution < -0.4 is 5.73 Å². The summed E-state index contributed by atoms with van der Waals surface area (Å²) in [5, 5.41) is 4.19. The lowest BCUT2D eigenvalue weighted by molar-refractivity contribution is -0.132. The smallest absolute Gasteiger partial charge is 0.254 e. The molecule has 3 heterocycles. The van der Waals surface area contributed by atoms with Gasteiger partial charge in [-0.3, -0.25) is 9.59 Å². The highest BCUT2D eigenvalue weighted by Gasteiger charge is 2.30.